The molecule has 0 aliphatic rings. The zero-order valence-electron chi connectivity index (χ0n) is 22.4. The Hall–Kier alpha value is -0.480. The summed E-state index contributed by atoms with van der Waals surface area (Å²) in [6.45, 7) is 6.70. The van der Waals surface area contributed by atoms with Crippen LogP contribution in [-0.2, 0) is 28.4 Å². The van der Waals surface area contributed by atoms with Crippen molar-refractivity contribution in [1.82, 2.24) is 0 Å². The van der Waals surface area contributed by atoms with E-state index in [4.69, 9.17) is 62.8 Å². The highest BCUT2D eigenvalue weighted by atomic mass is 16.6. The van der Waals surface area contributed by atoms with Gasteiger partial charge in [0.2, 0.25) is 0 Å². The van der Waals surface area contributed by atoms with Crippen LogP contribution < -0.4 is 34.4 Å². The predicted molar refractivity (Wildman–Crippen MR) is 143 cm³/mol. The normalized spacial score (nSPS) is 15.2. The summed E-state index contributed by atoms with van der Waals surface area (Å²) in [7, 11) is 0. The van der Waals surface area contributed by atoms with Gasteiger partial charge in [-0.3, -0.25) is 0 Å². The number of nitrogens with two attached hydrogens (primary N) is 6. The van der Waals surface area contributed by atoms with Gasteiger partial charge < -0.3 is 62.8 Å². The van der Waals surface area contributed by atoms with Crippen LogP contribution in [0.2, 0.25) is 0 Å². The summed E-state index contributed by atoms with van der Waals surface area (Å²) >= 11 is 0. The molecule has 4 atom stereocenters. The molecule has 0 radical (unpaired) electrons. The van der Waals surface area contributed by atoms with Gasteiger partial charge in [0.15, 0.2) is 0 Å². The molecule has 0 saturated carbocycles. The number of hydrogen-bond donors (Lipinski definition) is 6. The molecule has 0 aliphatic carbocycles. The standard InChI is InChI=1S/C24H56N6O6/c25-7-1-13-31-19-21(33-15-3-9-27)23(35-17-5-11-29)24(36-18-6-12-30)22(34-16-4-10-28)20-32-14-2-8-26/h21-24H,1-20,25-30H2. The van der Waals surface area contributed by atoms with Crippen LogP contribution in [0, 0.1) is 0 Å². The van der Waals surface area contributed by atoms with Gasteiger partial charge >= 0.3 is 0 Å². The van der Waals surface area contributed by atoms with Crippen LogP contribution in [0.3, 0.4) is 0 Å². The van der Waals surface area contributed by atoms with E-state index in [0.717, 1.165) is 12.8 Å². The first-order valence-electron chi connectivity index (χ1n) is 13.5. The summed E-state index contributed by atoms with van der Waals surface area (Å²) in [5, 5.41) is 0. The summed E-state index contributed by atoms with van der Waals surface area (Å²) in [6, 6.07) is 0. The van der Waals surface area contributed by atoms with Crippen molar-refractivity contribution in [1.29, 1.82) is 0 Å². The van der Waals surface area contributed by atoms with Crippen LogP contribution >= 0.6 is 0 Å². The van der Waals surface area contributed by atoms with Gasteiger partial charge in [0.25, 0.3) is 0 Å². The molecule has 12 nitrogen and oxygen atoms in total. The maximum Gasteiger partial charge on any atom is 0.115 e. The zero-order valence-corrected chi connectivity index (χ0v) is 22.4. The van der Waals surface area contributed by atoms with Crippen LogP contribution in [-0.4, -0.2) is 117 Å². The van der Waals surface area contributed by atoms with E-state index in [2.05, 4.69) is 0 Å². The molecule has 0 aliphatic heterocycles. The molecule has 0 fully saturated rings. The highest BCUT2D eigenvalue weighted by Crippen LogP contribution is 2.21. The van der Waals surface area contributed by atoms with Gasteiger partial charge in [-0.2, -0.15) is 0 Å². The van der Waals surface area contributed by atoms with Crippen molar-refractivity contribution in [2.45, 2.75) is 62.9 Å². The van der Waals surface area contributed by atoms with Crippen molar-refractivity contribution in [2.75, 3.05) is 92.1 Å². The maximum absolute atomic E-state index is 6.36. The fourth-order valence-electron chi connectivity index (χ4n) is 3.31. The average Bonchev–Trinajstić information content (AvgIpc) is 2.88. The molecular weight excluding hydrogens is 468 g/mol. The van der Waals surface area contributed by atoms with E-state index in [9.17, 15) is 0 Å². The molecular formula is C24H56N6O6. The molecule has 0 aromatic carbocycles. The quantitative estimate of drug-likeness (QED) is 0.0627. The first-order chi connectivity index (χ1) is 17.7. The third-order valence-electron chi connectivity index (χ3n) is 5.28. The summed E-state index contributed by atoms with van der Waals surface area (Å²) in [5.74, 6) is 0. The monoisotopic (exact) mass is 524 g/mol. The van der Waals surface area contributed by atoms with Gasteiger partial charge in [-0.25, -0.2) is 0 Å². The van der Waals surface area contributed by atoms with E-state index in [1.807, 2.05) is 0 Å². The van der Waals surface area contributed by atoms with E-state index in [0.29, 0.717) is 118 Å². The summed E-state index contributed by atoms with van der Waals surface area (Å²) in [4.78, 5) is 0. The van der Waals surface area contributed by atoms with Crippen LogP contribution in [0.1, 0.15) is 38.5 Å². The second-order valence-electron chi connectivity index (χ2n) is 8.49. The molecule has 0 rings (SSSR count). The Morgan fingerprint density at radius 2 is 0.639 bits per heavy atom. The number of hydrogen-bond acceptors (Lipinski definition) is 12. The molecule has 4 unspecified atom stereocenters. The van der Waals surface area contributed by atoms with Crippen molar-refractivity contribution in [3.05, 3.63) is 0 Å². The van der Waals surface area contributed by atoms with E-state index in [1.54, 1.807) is 0 Å². The molecule has 12 heteroatoms. The molecule has 0 saturated heterocycles. The number of ether oxygens (including phenoxy) is 6. The Kier molecular flexibility index (Phi) is 27.2. The smallest absolute Gasteiger partial charge is 0.115 e. The minimum atomic E-state index is -0.494. The molecule has 36 heavy (non-hydrogen) atoms. The Bertz CT molecular complexity index is 406. The van der Waals surface area contributed by atoms with Crippen molar-refractivity contribution < 1.29 is 28.4 Å². The molecule has 0 bridgehead atoms. The summed E-state index contributed by atoms with van der Waals surface area (Å²) in [6.07, 6.45) is 2.51. The highest BCUT2D eigenvalue weighted by molar-refractivity contribution is 4.87. The SMILES string of the molecule is NCCCOCC(OCCCN)C(OCCCN)C(OCCCN)C(COCCCN)OCCCN. The van der Waals surface area contributed by atoms with Crippen molar-refractivity contribution in [3.8, 4) is 0 Å². The van der Waals surface area contributed by atoms with Crippen LogP contribution in [0.25, 0.3) is 0 Å². The Morgan fingerprint density at radius 3 is 0.944 bits per heavy atom. The second kappa shape index (κ2) is 27.6. The van der Waals surface area contributed by atoms with Gasteiger partial charge in [-0.05, 0) is 77.8 Å². The third-order valence-corrected chi connectivity index (χ3v) is 5.28. The van der Waals surface area contributed by atoms with Crippen LogP contribution in [0.4, 0.5) is 0 Å². The van der Waals surface area contributed by atoms with E-state index >= 15 is 0 Å². The molecule has 0 amide bonds. The van der Waals surface area contributed by atoms with Crippen molar-refractivity contribution >= 4 is 0 Å². The van der Waals surface area contributed by atoms with Crippen LogP contribution in [0.15, 0.2) is 0 Å². The van der Waals surface area contributed by atoms with Crippen LogP contribution in [0.5, 0.6) is 0 Å². The first kappa shape index (κ1) is 35.5. The highest BCUT2D eigenvalue weighted by Gasteiger charge is 2.38. The fraction of sp³-hybridized carbons (Fsp3) is 1.00. The largest absolute Gasteiger partial charge is 0.379 e. The van der Waals surface area contributed by atoms with Crippen molar-refractivity contribution in [3.63, 3.8) is 0 Å². The second-order valence-corrected chi connectivity index (χ2v) is 8.49. The first-order valence-corrected chi connectivity index (χ1v) is 13.5. The van der Waals surface area contributed by atoms with Gasteiger partial charge in [0.05, 0.1) is 13.2 Å². The van der Waals surface area contributed by atoms with E-state index in [1.165, 1.54) is 0 Å². The lowest BCUT2D eigenvalue weighted by molar-refractivity contribution is -0.197. The van der Waals surface area contributed by atoms with Gasteiger partial charge in [-0.1, -0.05) is 0 Å². The molecule has 0 aromatic rings. The molecule has 0 heterocycles. The molecule has 0 spiro atoms. The van der Waals surface area contributed by atoms with Gasteiger partial charge in [0.1, 0.15) is 24.4 Å². The minimum Gasteiger partial charge on any atom is -0.379 e. The fourth-order valence-corrected chi connectivity index (χ4v) is 3.31. The Morgan fingerprint density at radius 1 is 0.361 bits per heavy atom. The lowest BCUT2D eigenvalue weighted by atomic mass is 10.0. The third kappa shape index (κ3) is 18.7. The lowest BCUT2D eigenvalue weighted by Crippen LogP contribution is -2.53. The zero-order chi connectivity index (χ0) is 26.7. The Labute approximate surface area is 218 Å². The van der Waals surface area contributed by atoms with Gasteiger partial charge in [-0.15, -0.1) is 0 Å². The lowest BCUT2D eigenvalue weighted by Gasteiger charge is -2.37. The summed E-state index contributed by atoms with van der Waals surface area (Å²) in [5.41, 5.74) is 34.1. The minimum absolute atomic E-state index is 0.318. The predicted octanol–water partition coefficient (Wildman–Crippen LogP) is -1.35. The molecule has 218 valence electrons. The number of rotatable bonds is 29. The molecule has 0 aromatic heterocycles. The maximum atomic E-state index is 6.36. The Balaban J connectivity index is 5.87. The van der Waals surface area contributed by atoms with E-state index in [-0.39, 0.29) is 0 Å². The topological polar surface area (TPSA) is 212 Å². The van der Waals surface area contributed by atoms with E-state index < -0.39 is 24.4 Å². The van der Waals surface area contributed by atoms with Crippen molar-refractivity contribution in [2.24, 2.45) is 34.4 Å². The molecule has 12 N–H and O–H groups in total. The van der Waals surface area contributed by atoms with Gasteiger partial charge in [0, 0.05) is 39.6 Å². The summed E-state index contributed by atoms with van der Waals surface area (Å²) < 4.78 is 37.0. The average molecular weight is 525 g/mol.